The lowest BCUT2D eigenvalue weighted by atomic mass is 9.77. The van der Waals surface area contributed by atoms with E-state index in [-0.39, 0.29) is 11.5 Å². The summed E-state index contributed by atoms with van der Waals surface area (Å²) in [5, 5.41) is 9.47. The van der Waals surface area contributed by atoms with Crippen molar-refractivity contribution >= 4 is 5.97 Å². The molecule has 0 aliphatic carbocycles. The highest BCUT2D eigenvalue weighted by Crippen LogP contribution is 2.53. The van der Waals surface area contributed by atoms with Crippen molar-refractivity contribution in [1.29, 1.82) is 5.26 Å². The summed E-state index contributed by atoms with van der Waals surface area (Å²) in [7, 11) is 0. The lowest BCUT2D eigenvalue weighted by Gasteiger charge is -2.52. The van der Waals surface area contributed by atoms with E-state index in [0.29, 0.717) is 42.5 Å². The van der Waals surface area contributed by atoms with Crippen LogP contribution in [0.5, 0.6) is 0 Å². The van der Waals surface area contributed by atoms with Crippen molar-refractivity contribution in [1.82, 2.24) is 4.90 Å². The zero-order chi connectivity index (χ0) is 18.1. The van der Waals surface area contributed by atoms with Gasteiger partial charge in [-0.1, -0.05) is 31.5 Å². The summed E-state index contributed by atoms with van der Waals surface area (Å²) in [6.45, 7) is 2.82. The molecule has 1 aromatic carbocycles. The molecule has 3 fully saturated rings. The Morgan fingerprint density at radius 2 is 2.15 bits per heavy atom. The fraction of sp³-hybridized carbons (Fsp3) is 0.636. The maximum atomic E-state index is 12.4. The number of piperidine rings is 2. The summed E-state index contributed by atoms with van der Waals surface area (Å²) in [4.78, 5) is 15.1. The van der Waals surface area contributed by atoms with E-state index < -0.39 is 0 Å². The Morgan fingerprint density at radius 1 is 1.35 bits per heavy atom. The highest BCUT2D eigenvalue weighted by Gasteiger charge is 2.57. The summed E-state index contributed by atoms with van der Waals surface area (Å²) in [5.41, 5.74) is 0.636. The number of nitriles is 1. The van der Waals surface area contributed by atoms with Crippen molar-refractivity contribution in [3.05, 3.63) is 35.9 Å². The van der Waals surface area contributed by atoms with Crippen LogP contribution in [0.4, 0.5) is 0 Å². The van der Waals surface area contributed by atoms with E-state index in [1.54, 1.807) is 12.1 Å². The predicted molar refractivity (Wildman–Crippen MR) is 99.5 cm³/mol. The van der Waals surface area contributed by atoms with Gasteiger partial charge in [-0.2, -0.15) is 5.26 Å². The predicted octanol–water partition coefficient (Wildman–Crippen LogP) is 4.17. The van der Waals surface area contributed by atoms with Crippen molar-refractivity contribution in [3.8, 4) is 6.07 Å². The molecule has 5 atom stereocenters. The first-order valence-corrected chi connectivity index (χ1v) is 10.0. The number of ether oxygens (including phenoxy) is 1. The van der Waals surface area contributed by atoms with E-state index in [9.17, 15) is 10.1 Å². The van der Waals surface area contributed by atoms with Gasteiger partial charge >= 0.3 is 5.97 Å². The number of nitrogens with zero attached hydrogens (tertiary/aromatic N) is 2. The number of hydrogen-bond acceptors (Lipinski definition) is 4. The molecule has 0 bridgehead atoms. The number of carbonyl (C=O) groups is 1. The molecule has 3 aliphatic heterocycles. The molecular weight excluding hydrogens is 324 g/mol. The zero-order valence-electron chi connectivity index (χ0n) is 15.6. The molecular formula is C22H28N2O2. The Bertz CT molecular complexity index is 698. The van der Waals surface area contributed by atoms with E-state index in [2.05, 4.69) is 17.9 Å². The first-order valence-electron chi connectivity index (χ1n) is 10.0. The third-order valence-corrected chi connectivity index (χ3v) is 6.83. The SMILES string of the molecule is CC1CC2CCCC3(CC#N)C[C@H](COC(=O)c4ccccc4)C(C1)N23. The minimum Gasteiger partial charge on any atom is -0.462 e. The van der Waals surface area contributed by atoms with Crippen molar-refractivity contribution in [2.75, 3.05) is 6.61 Å². The van der Waals surface area contributed by atoms with E-state index >= 15 is 0 Å². The number of rotatable bonds is 4. The molecule has 0 saturated carbocycles. The van der Waals surface area contributed by atoms with E-state index in [4.69, 9.17) is 4.74 Å². The van der Waals surface area contributed by atoms with Crippen LogP contribution in [-0.2, 0) is 4.74 Å². The van der Waals surface area contributed by atoms with Crippen LogP contribution in [0.15, 0.2) is 30.3 Å². The minimum atomic E-state index is -0.231. The van der Waals surface area contributed by atoms with Crippen molar-refractivity contribution in [2.45, 2.75) is 69.5 Å². The highest BCUT2D eigenvalue weighted by atomic mass is 16.5. The van der Waals surface area contributed by atoms with Gasteiger partial charge < -0.3 is 4.74 Å². The van der Waals surface area contributed by atoms with Gasteiger partial charge in [0.15, 0.2) is 0 Å². The Morgan fingerprint density at radius 3 is 2.92 bits per heavy atom. The smallest absolute Gasteiger partial charge is 0.338 e. The molecule has 4 unspecified atom stereocenters. The maximum absolute atomic E-state index is 12.4. The summed E-state index contributed by atoms with van der Waals surface area (Å²) < 4.78 is 5.72. The molecule has 0 spiro atoms. The Balaban J connectivity index is 1.51. The topological polar surface area (TPSA) is 53.3 Å². The number of carbonyl (C=O) groups excluding carboxylic acids is 1. The number of benzene rings is 1. The summed E-state index contributed by atoms with van der Waals surface area (Å²) in [6, 6.07) is 12.8. The lowest BCUT2D eigenvalue weighted by molar-refractivity contribution is -0.0368. The Hall–Kier alpha value is -1.86. The van der Waals surface area contributed by atoms with Crippen molar-refractivity contribution in [2.24, 2.45) is 11.8 Å². The molecule has 4 rings (SSSR count). The normalized spacial score (nSPS) is 36.2. The average molecular weight is 352 g/mol. The van der Waals surface area contributed by atoms with E-state index in [0.717, 1.165) is 19.3 Å². The first kappa shape index (κ1) is 17.5. The summed E-state index contributed by atoms with van der Waals surface area (Å²) >= 11 is 0. The van der Waals surface area contributed by atoms with Crippen molar-refractivity contribution < 1.29 is 9.53 Å². The van der Waals surface area contributed by atoms with Gasteiger partial charge in [0.2, 0.25) is 0 Å². The molecule has 0 radical (unpaired) electrons. The second kappa shape index (κ2) is 7.04. The average Bonchev–Trinajstić information content (AvgIpc) is 2.95. The maximum Gasteiger partial charge on any atom is 0.338 e. The van der Waals surface area contributed by atoms with Crippen LogP contribution >= 0.6 is 0 Å². The van der Waals surface area contributed by atoms with Gasteiger partial charge in [0.25, 0.3) is 0 Å². The standard InChI is InChI=1S/C22H28N2O2/c1-16-12-19-8-5-9-22(10-11-23)14-18(20(13-16)24(19)22)15-26-21(25)17-6-3-2-4-7-17/h2-4,6-7,16,18-20H,5,8-10,12-15H2,1H3/t16?,18-,19?,20?,22?/m1/s1. The van der Waals surface area contributed by atoms with Crippen LogP contribution < -0.4 is 0 Å². The fourth-order valence-corrected chi connectivity index (χ4v) is 5.92. The molecule has 0 amide bonds. The van der Waals surface area contributed by atoms with E-state index in [1.165, 1.54) is 19.3 Å². The first-order chi connectivity index (χ1) is 12.6. The quantitative estimate of drug-likeness (QED) is 0.763. The van der Waals surface area contributed by atoms with Crippen LogP contribution in [0.2, 0.25) is 0 Å². The molecule has 4 heteroatoms. The van der Waals surface area contributed by atoms with Gasteiger partial charge in [0.1, 0.15) is 0 Å². The molecule has 1 aromatic rings. The molecule has 3 aliphatic rings. The van der Waals surface area contributed by atoms with Crippen molar-refractivity contribution in [3.63, 3.8) is 0 Å². The highest BCUT2D eigenvalue weighted by molar-refractivity contribution is 5.89. The summed E-state index contributed by atoms with van der Waals surface area (Å²) in [5.74, 6) is 0.828. The zero-order valence-corrected chi connectivity index (χ0v) is 15.6. The fourth-order valence-electron chi connectivity index (χ4n) is 5.92. The Labute approximate surface area is 156 Å². The molecule has 0 aromatic heterocycles. The Kier molecular flexibility index (Phi) is 4.75. The van der Waals surface area contributed by atoms with Crippen LogP contribution in [-0.4, -0.2) is 35.1 Å². The number of hydrogen-bond donors (Lipinski definition) is 0. The monoisotopic (exact) mass is 352 g/mol. The summed E-state index contributed by atoms with van der Waals surface area (Å²) in [6.07, 6.45) is 7.61. The van der Waals surface area contributed by atoms with Gasteiger partial charge in [-0.3, -0.25) is 4.90 Å². The number of esters is 1. The largest absolute Gasteiger partial charge is 0.462 e. The van der Waals surface area contributed by atoms with E-state index in [1.807, 2.05) is 18.2 Å². The third-order valence-electron chi connectivity index (χ3n) is 6.83. The van der Waals surface area contributed by atoms with Crippen LogP contribution in [0, 0.1) is 23.2 Å². The van der Waals surface area contributed by atoms with Gasteiger partial charge in [-0.25, -0.2) is 4.79 Å². The third kappa shape index (κ3) is 3.03. The van der Waals surface area contributed by atoms with Crippen LogP contribution in [0.25, 0.3) is 0 Å². The second-order valence-electron chi connectivity index (χ2n) is 8.59. The molecule has 3 saturated heterocycles. The van der Waals surface area contributed by atoms with Crippen LogP contribution in [0.1, 0.15) is 62.2 Å². The molecule has 3 heterocycles. The lowest BCUT2D eigenvalue weighted by Crippen LogP contribution is -2.58. The molecule has 138 valence electrons. The van der Waals surface area contributed by atoms with Gasteiger partial charge in [0, 0.05) is 23.5 Å². The van der Waals surface area contributed by atoms with Gasteiger partial charge in [0.05, 0.1) is 24.7 Å². The molecule has 26 heavy (non-hydrogen) atoms. The minimum absolute atomic E-state index is 0.0201. The van der Waals surface area contributed by atoms with Gasteiger partial charge in [-0.05, 0) is 50.2 Å². The van der Waals surface area contributed by atoms with Gasteiger partial charge in [-0.15, -0.1) is 0 Å². The van der Waals surface area contributed by atoms with Crippen LogP contribution in [0.3, 0.4) is 0 Å². The second-order valence-corrected chi connectivity index (χ2v) is 8.59. The molecule has 4 nitrogen and oxygen atoms in total. The molecule has 0 N–H and O–H groups in total.